The third-order valence-corrected chi connectivity index (χ3v) is 4.31. The Bertz CT molecular complexity index is 359. The van der Waals surface area contributed by atoms with Crippen molar-refractivity contribution < 1.29 is 0 Å². The quantitative estimate of drug-likeness (QED) is 0.770. The van der Waals surface area contributed by atoms with Crippen molar-refractivity contribution in [2.24, 2.45) is 5.92 Å². The summed E-state index contributed by atoms with van der Waals surface area (Å²) in [5.41, 5.74) is 1.41. The largest absolute Gasteiger partial charge is 0.309 e. The highest BCUT2D eigenvalue weighted by atomic mass is 15.2. The number of hydrogen-bond donors (Lipinski definition) is 1. The van der Waals surface area contributed by atoms with Crippen molar-refractivity contribution in [3.8, 4) is 0 Å². The number of nitrogens with zero attached hydrogens (tertiary/aromatic N) is 1. The second kappa shape index (κ2) is 7.06. The Morgan fingerprint density at radius 3 is 2.53 bits per heavy atom. The summed E-state index contributed by atoms with van der Waals surface area (Å²) in [6.07, 6.45) is 4.03. The molecular formula is C17H28N2. The van der Waals surface area contributed by atoms with Crippen molar-refractivity contribution >= 4 is 0 Å². The van der Waals surface area contributed by atoms with E-state index in [0.717, 1.165) is 25.0 Å². The Morgan fingerprint density at radius 2 is 1.95 bits per heavy atom. The molecule has 0 radical (unpaired) electrons. The SMILES string of the molecule is CCCNC(CN(C)C(C)C1CC1)c1ccccc1. The van der Waals surface area contributed by atoms with Crippen LogP contribution in [0.5, 0.6) is 0 Å². The number of rotatable bonds is 8. The van der Waals surface area contributed by atoms with E-state index in [4.69, 9.17) is 0 Å². The third kappa shape index (κ3) is 4.32. The first kappa shape index (κ1) is 14.5. The van der Waals surface area contributed by atoms with Crippen molar-refractivity contribution in [1.82, 2.24) is 10.2 Å². The molecule has 1 N–H and O–H groups in total. The molecule has 1 aromatic rings. The average Bonchev–Trinajstić information content (AvgIpc) is 3.28. The van der Waals surface area contributed by atoms with E-state index in [2.05, 4.69) is 61.4 Å². The summed E-state index contributed by atoms with van der Waals surface area (Å²) in [5.74, 6) is 0.938. The number of hydrogen-bond acceptors (Lipinski definition) is 2. The minimum Gasteiger partial charge on any atom is -0.309 e. The zero-order valence-electron chi connectivity index (χ0n) is 12.6. The second-order valence-corrected chi connectivity index (χ2v) is 5.94. The summed E-state index contributed by atoms with van der Waals surface area (Å²) in [6, 6.07) is 12.0. The van der Waals surface area contributed by atoms with Crippen LogP contribution in [0.1, 0.15) is 44.7 Å². The number of nitrogens with one attached hydrogen (secondary N) is 1. The highest BCUT2D eigenvalue weighted by Gasteiger charge is 2.31. The first-order valence-electron chi connectivity index (χ1n) is 7.71. The standard InChI is InChI=1S/C17H28N2/c1-4-12-18-17(16-8-6-5-7-9-16)13-19(3)14(2)15-10-11-15/h5-9,14-15,17-18H,4,10-13H2,1-3H3. The molecule has 106 valence electrons. The van der Waals surface area contributed by atoms with Crippen LogP contribution in [0.15, 0.2) is 30.3 Å². The van der Waals surface area contributed by atoms with E-state index in [1.807, 2.05) is 0 Å². The summed E-state index contributed by atoms with van der Waals surface area (Å²) < 4.78 is 0. The van der Waals surface area contributed by atoms with E-state index in [9.17, 15) is 0 Å². The van der Waals surface area contributed by atoms with Crippen LogP contribution in [0, 0.1) is 5.92 Å². The molecule has 0 amide bonds. The summed E-state index contributed by atoms with van der Waals surface area (Å²) in [4.78, 5) is 2.53. The summed E-state index contributed by atoms with van der Waals surface area (Å²) in [7, 11) is 2.27. The second-order valence-electron chi connectivity index (χ2n) is 5.94. The lowest BCUT2D eigenvalue weighted by Gasteiger charge is -2.30. The highest BCUT2D eigenvalue weighted by Crippen LogP contribution is 2.35. The van der Waals surface area contributed by atoms with E-state index < -0.39 is 0 Å². The van der Waals surface area contributed by atoms with Crippen LogP contribution in [0.25, 0.3) is 0 Å². The van der Waals surface area contributed by atoms with Crippen LogP contribution in [-0.4, -0.2) is 31.1 Å². The van der Waals surface area contributed by atoms with Gasteiger partial charge in [0.1, 0.15) is 0 Å². The summed E-state index contributed by atoms with van der Waals surface area (Å²) >= 11 is 0. The molecule has 19 heavy (non-hydrogen) atoms. The maximum Gasteiger partial charge on any atom is 0.0449 e. The van der Waals surface area contributed by atoms with Crippen LogP contribution < -0.4 is 5.32 Å². The van der Waals surface area contributed by atoms with Gasteiger partial charge in [-0.25, -0.2) is 0 Å². The number of likely N-dealkylation sites (N-methyl/N-ethyl adjacent to an activating group) is 1. The summed E-state index contributed by atoms with van der Waals surface area (Å²) in [6.45, 7) is 6.79. The molecule has 0 heterocycles. The Labute approximate surface area is 118 Å². The van der Waals surface area contributed by atoms with Gasteiger partial charge in [-0.05, 0) is 51.3 Å². The first-order chi connectivity index (χ1) is 9.22. The molecular weight excluding hydrogens is 232 g/mol. The lowest BCUT2D eigenvalue weighted by Crippen LogP contribution is -2.39. The molecule has 1 aliphatic carbocycles. The smallest absolute Gasteiger partial charge is 0.0449 e. The van der Waals surface area contributed by atoms with Crippen molar-refractivity contribution in [3.63, 3.8) is 0 Å². The Morgan fingerprint density at radius 1 is 1.26 bits per heavy atom. The van der Waals surface area contributed by atoms with Crippen LogP contribution >= 0.6 is 0 Å². The van der Waals surface area contributed by atoms with E-state index in [-0.39, 0.29) is 0 Å². The average molecular weight is 260 g/mol. The van der Waals surface area contributed by atoms with Gasteiger partial charge >= 0.3 is 0 Å². The molecule has 0 saturated heterocycles. The monoisotopic (exact) mass is 260 g/mol. The van der Waals surface area contributed by atoms with Crippen molar-refractivity contribution in [1.29, 1.82) is 0 Å². The molecule has 2 heteroatoms. The van der Waals surface area contributed by atoms with Crippen LogP contribution in [0.4, 0.5) is 0 Å². The zero-order valence-corrected chi connectivity index (χ0v) is 12.6. The number of benzene rings is 1. The summed E-state index contributed by atoms with van der Waals surface area (Å²) in [5, 5.41) is 3.69. The maximum atomic E-state index is 3.69. The van der Waals surface area contributed by atoms with Crippen LogP contribution in [0.2, 0.25) is 0 Å². The normalized spacial score (nSPS) is 18.5. The van der Waals surface area contributed by atoms with Gasteiger partial charge in [0.25, 0.3) is 0 Å². The van der Waals surface area contributed by atoms with Gasteiger partial charge in [0.05, 0.1) is 0 Å². The van der Waals surface area contributed by atoms with E-state index >= 15 is 0 Å². The van der Waals surface area contributed by atoms with Gasteiger partial charge in [-0.1, -0.05) is 37.3 Å². The molecule has 2 atom stereocenters. The Balaban J connectivity index is 1.96. The molecule has 0 aromatic heterocycles. The molecule has 1 fully saturated rings. The molecule has 1 aromatic carbocycles. The topological polar surface area (TPSA) is 15.3 Å². The van der Waals surface area contributed by atoms with Gasteiger partial charge in [0.15, 0.2) is 0 Å². The minimum absolute atomic E-state index is 0.451. The molecule has 2 rings (SSSR count). The minimum atomic E-state index is 0.451. The van der Waals surface area contributed by atoms with Gasteiger partial charge in [-0.2, -0.15) is 0 Å². The van der Waals surface area contributed by atoms with E-state index in [1.165, 1.54) is 24.8 Å². The molecule has 1 aliphatic rings. The van der Waals surface area contributed by atoms with Crippen molar-refractivity contribution in [2.75, 3.05) is 20.1 Å². The fourth-order valence-electron chi connectivity index (χ4n) is 2.68. The third-order valence-electron chi connectivity index (χ3n) is 4.31. The molecule has 2 unspecified atom stereocenters. The van der Waals surface area contributed by atoms with E-state index in [1.54, 1.807) is 0 Å². The van der Waals surface area contributed by atoms with E-state index in [0.29, 0.717) is 6.04 Å². The van der Waals surface area contributed by atoms with Gasteiger partial charge in [-0.15, -0.1) is 0 Å². The molecule has 2 nitrogen and oxygen atoms in total. The fraction of sp³-hybridized carbons (Fsp3) is 0.647. The molecule has 0 aliphatic heterocycles. The first-order valence-corrected chi connectivity index (χ1v) is 7.71. The molecule has 0 spiro atoms. The molecule has 0 bridgehead atoms. The highest BCUT2D eigenvalue weighted by molar-refractivity contribution is 5.19. The van der Waals surface area contributed by atoms with Crippen molar-refractivity contribution in [3.05, 3.63) is 35.9 Å². The molecule has 1 saturated carbocycles. The Hall–Kier alpha value is -0.860. The Kier molecular flexibility index (Phi) is 5.41. The lowest BCUT2D eigenvalue weighted by molar-refractivity contribution is 0.210. The van der Waals surface area contributed by atoms with Gasteiger partial charge < -0.3 is 10.2 Å². The predicted molar refractivity (Wildman–Crippen MR) is 82.3 cm³/mol. The maximum absolute atomic E-state index is 3.69. The lowest BCUT2D eigenvalue weighted by atomic mass is 10.0. The van der Waals surface area contributed by atoms with Crippen LogP contribution in [0.3, 0.4) is 0 Å². The van der Waals surface area contributed by atoms with Gasteiger partial charge in [0, 0.05) is 18.6 Å². The van der Waals surface area contributed by atoms with Crippen LogP contribution in [-0.2, 0) is 0 Å². The van der Waals surface area contributed by atoms with Gasteiger partial charge in [-0.3, -0.25) is 0 Å². The predicted octanol–water partition coefficient (Wildman–Crippen LogP) is 3.46. The fourth-order valence-corrected chi connectivity index (χ4v) is 2.68. The van der Waals surface area contributed by atoms with Crippen molar-refractivity contribution in [2.45, 2.75) is 45.2 Å². The zero-order chi connectivity index (χ0) is 13.7. The van der Waals surface area contributed by atoms with Gasteiger partial charge in [0.2, 0.25) is 0 Å².